The van der Waals surface area contributed by atoms with E-state index in [1.54, 1.807) is 29.2 Å². The molecule has 3 amide bonds. The molecule has 4 rings (SSSR count). The number of hydrogen-bond donors (Lipinski definition) is 0. The average Bonchev–Trinajstić information content (AvgIpc) is 2.67. The molecule has 0 N–H and O–H groups in total. The summed E-state index contributed by atoms with van der Waals surface area (Å²) in [7, 11) is 0. The summed E-state index contributed by atoms with van der Waals surface area (Å²) in [5.74, 6) is -2.14. The first-order chi connectivity index (χ1) is 14.7. The third-order valence-electron chi connectivity index (χ3n) is 5.58. The maximum atomic E-state index is 14.5. The molecule has 0 bridgehead atoms. The van der Waals surface area contributed by atoms with Crippen LogP contribution in [0.5, 0.6) is 0 Å². The van der Waals surface area contributed by atoms with E-state index in [4.69, 9.17) is 23.2 Å². The summed E-state index contributed by atoms with van der Waals surface area (Å²) < 4.78 is 14.5. The SMILES string of the molecule is CC(=O)N1CC([C@H]2C(=O)N(c3ncc(Cl)cc3F)CC(=O)N2Cc2ccc(Cl)cc2)C1. The van der Waals surface area contributed by atoms with Crippen molar-refractivity contribution in [2.75, 3.05) is 24.5 Å². The second-order valence-corrected chi connectivity index (χ2v) is 8.53. The number of aromatic nitrogens is 1. The Balaban J connectivity index is 1.65. The summed E-state index contributed by atoms with van der Waals surface area (Å²) >= 11 is 11.7. The fourth-order valence-corrected chi connectivity index (χ4v) is 4.21. The number of carbonyl (C=O) groups is 3. The number of rotatable bonds is 4. The second-order valence-electron chi connectivity index (χ2n) is 7.66. The molecule has 162 valence electrons. The second kappa shape index (κ2) is 8.43. The van der Waals surface area contributed by atoms with Gasteiger partial charge in [0, 0.05) is 43.7 Å². The van der Waals surface area contributed by atoms with Gasteiger partial charge in [-0.1, -0.05) is 35.3 Å². The van der Waals surface area contributed by atoms with Crippen LogP contribution in [0.4, 0.5) is 10.2 Å². The molecule has 0 saturated carbocycles. The molecule has 0 aliphatic carbocycles. The van der Waals surface area contributed by atoms with Gasteiger partial charge in [0.05, 0.1) is 5.02 Å². The van der Waals surface area contributed by atoms with Gasteiger partial charge in [-0.15, -0.1) is 0 Å². The van der Waals surface area contributed by atoms with Gasteiger partial charge in [-0.3, -0.25) is 19.3 Å². The minimum atomic E-state index is -0.843. The van der Waals surface area contributed by atoms with E-state index in [9.17, 15) is 18.8 Å². The van der Waals surface area contributed by atoms with Crippen molar-refractivity contribution in [2.45, 2.75) is 19.5 Å². The van der Waals surface area contributed by atoms with Crippen LogP contribution < -0.4 is 4.90 Å². The quantitative estimate of drug-likeness (QED) is 0.696. The van der Waals surface area contributed by atoms with Crippen molar-refractivity contribution in [1.29, 1.82) is 0 Å². The maximum absolute atomic E-state index is 14.5. The lowest BCUT2D eigenvalue weighted by molar-refractivity contribution is -0.152. The van der Waals surface area contributed by atoms with Crippen molar-refractivity contribution in [3.8, 4) is 0 Å². The van der Waals surface area contributed by atoms with Crippen LogP contribution in [0.1, 0.15) is 12.5 Å². The van der Waals surface area contributed by atoms with Gasteiger partial charge in [0.2, 0.25) is 11.8 Å². The predicted molar refractivity (Wildman–Crippen MR) is 113 cm³/mol. The number of hydrogen-bond acceptors (Lipinski definition) is 4. The lowest BCUT2D eigenvalue weighted by atomic mass is 9.87. The van der Waals surface area contributed by atoms with Crippen LogP contribution >= 0.6 is 23.2 Å². The topological polar surface area (TPSA) is 73.8 Å². The van der Waals surface area contributed by atoms with Gasteiger partial charge in [-0.25, -0.2) is 9.37 Å². The molecule has 0 radical (unpaired) electrons. The highest BCUT2D eigenvalue weighted by Gasteiger charge is 2.49. The zero-order chi connectivity index (χ0) is 22.3. The van der Waals surface area contributed by atoms with Crippen molar-refractivity contribution >= 4 is 46.7 Å². The molecular formula is C21H19Cl2FN4O3. The fourth-order valence-electron chi connectivity index (χ4n) is 3.94. The van der Waals surface area contributed by atoms with Crippen molar-refractivity contribution in [1.82, 2.24) is 14.8 Å². The zero-order valence-electron chi connectivity index (χ0n) is 16.6. The first-order valence-corrected chi connectivity index (χ1v) is 10.4. The number of piperazine rings is 1. The minimum absolute atomic E-state index is 0.0917. The normalized spacial score (nSPS) is 19.6. The van der Waals surface area contributed by atoms with Gasteiger partial charge in [0.25, 0.3) is 5.91 Å². The Bertz CT molecular complexity index is 1040. The van der Waals surface area contributed by atoms with Crippen molar-refractivity contribution in [3.63, 3.8) is 0 Å². The third-order valence-corrected chi connectivity index (χ3v) is 6.04. The van der Waals surface area contributed by atoms with Crippen LogP contribution in [-0.2, 0) is 20.9 Å². The van der Waals surface area contributed by atoms with E-state index in [0.717, 1.165) is 16.5 Å². The molecule has 2 saturated heterocycles. The van der Waals surface area contributed by atoms with Crippen LogP contribution in [0.15, 0.2) is 36.5 Å². The molecule has 7 nitrogen and oxygen atoms in total. The summed E-state index contributed by atoms with van der Waals surface area (Å²) in [6.45, 7) is 2.01. The molecule has 2 aliphatic rings. The van der Waals surface area contributed by atoms with Crippen LogP contribution in [0.3, 0.4) is 0 Å². The van der Waals surface area contributed by atoms with Crippen molar-refractivity contribution in [2.24, 2.45) is 5.92 Å². The number of carbonyl (C=O) groups excluding carboxylic acids is 3. The Morgan fingerprint density at radius 2 is 1.84 bits per heavy atom. The first kappa shape index (κ1) is 21.5. The summed E-state index contributed by atoms with van der Waals surface area (Å²) in [4.78, 5) is 46.3. The Morgan fingerprint density at radius 3 is 2.45 bits per heavy atom. The summed E-state index contributed by atoms with van der Waals surface area (Å²) in [6.07, 6.45) is 1.23. The number of nitrogens with zero attached hydrogens (tertiary/aromatic N) is 4. The predicted octanol–water partition coefficient (Wildman–Crippen LogP) is 2.75. The molecular weight excluding hydrogens is 446 g/mol. The summed E-state index contributed by atoms with van der Waals surface area (Å²) in [5, 5.41) is 0.655. The van der Waals surface area contributed by atoms with Gasteiger partial charge < -0.3 is 9.80 Å². The molecule has 10 heteroatoms. The Hall–Kier alpha value is -2.71. The monoisotopic (exact) mass is 464 g/mol. The lowest BCUT2D eigenvalue weighted by Crippen LogP contribution is -2.68. The number of halogens is 3. The van der Waals surface area contributed by atoms with E-state index in [1.807, 2.05) is 0 Å². The highest BCUT2D eigenvalue weighted by atomic mass is 35.5. The number of anilines is 1. The number of benzene rings is 1. The van der Waals surface area contributed by atoms with Gasteiger partial charge in [0.15, 0.2) is 11.6 Å². The number of amides is 3. The first-order valence-electron chi connectivity index (χ1n) is 9.66. The highest BCUT2D eigenvalue weighted by Crippen LogP contribution is 2.31. The van der Waals surface area contributed by atoms with Gasteiger partial charge in [-0.2, -0.15) is 0 Å². The lowest BCUT2D eigenvalue weighted by Gasteiger charge is -2.49. The molecule has 1 aromatic heterocycles. The van der Waals surface area contributed by atoms with E-state index in [2.05, 4.69) is 4.98 Å². The van der Waals surface area contributed by atoms with E-state index in [1.165, 1.54) is 18.0 Å². The van der Waals surface area contributed by atoms with Crippen LogP contribution in [-0.4, -0.2) is 58.2 Å². The number of pyridine rings is 1. The molecule has 0 spiro atoms. The molecule has 3 heterocycles. The standard InChI is InChI=1S/C21H19Cl2FN4O3/c1-12(29)26-9-14(10-26)19-21(31)28(20-17(24)6-16(23)7-25-20)11-18(30)27(19)8-13-2-4-15(22)5-3-13/h2-7,14,19H,8-11H2,1H3/t19-/m0/s1. The Kier molecular flexibility index (Phi) is 5.85. The van der Waals surface area contributed by atoms with E-state index >= 15 is 0 Å². The van der Waals surface area contributed by atoms with Gasteiger partial charge >= 0.3 is 0 Å². The summed E-state index contributed by atoms with van der Waals surface area (Å²) in [6, 6.07) is 7.20. The van der Waals surface area contributed by atoms with Crippen molar-refractivity contribution in [3.05, 3.63) is 58.0 Å². The Morgan fingerprint density at radius 1 is 1.16 bits per heavy atom. The molecule has 31 heavy (non-hydrogen) atoms. The van der Waals surface area contributed by atoms with Gasteiger partial charge in [-0.05, 0) is 23.8 Å². The highest BCUT2D eigenvalue weighted by molar-refractivity contribution is 6.30. The van der Waals surface area contributed by atoms with E-state index < -0.39 is 17.8 Å². The minimum Gasteiger partial charge on any atom is -0.342 e. The largest absolute Gasteiger partial charge is 0.342 e. The van der Waals surface area contributed by atoms with Crippen LogP contribution in [0.2, 0.25) is 10.0 Å². The third kappa shape index (κ3) is 4.22. The van der Waals surface area contributed by atoms with Crippen LogP contribution in [0, 0.1) is 11.7 Å². The summed E-state index contributed by atoms with van der Waals surface area (Å²) in [5.41, 5.74) is 0.808. The molecule has 0 unspecified atom stereocenters. The average molecular weight is 465 g/mol. The maximum Gasteiger partial charge on any atom is 0.251 e. The molecule has 1 atom stereocenters. The Labute approximate surface area is 188 Å². The van der Waals surface area contributed by atoms with Crippen LogP contribution in [0.25, 0.3) is 0 Å². The molecule has 2 fully saturated rings. The molecule has 1 aromatic carbocycles. The zero-order valence-corrected chi connectivity index (χ0v) is 18.1. The van der Waals surface area contributed by atoms with E-state index in [0.29, 0.717) is 18.1 Å². The number of likely N-dealkylation sites (tertiary alicyclic amines) is 1. The van der Waals surface area contributed by atoms with E-state index in [-0.39, 0.29) is 41.7 Å². The van der Waals surface area contributed by atoms with Crippen molar-refractivity contribution < 1.29 is 18.8 Å². The van der Waals surface area contributed by atoms with Gasteiger partial charge in [0.1, 0.15) is 12.6 Å². The fraction of sp³-hybridized carbons (Fsp3) is 0.333. The smallest absolute Gasteiger partial charge is 0.251 e. The molecule has 2 aromatic rings. The molecule has 2 aliphatic heterocycles.